The summed E-state index contributed by atoms with van der Waals surface area (Å²) in [5.74, 6) is -0.716. The van der Waals surface area contributed by atoms with E-state index in [1.165, 1.54) is 23.0 Å². The fourth-order valence-corrected chi connectivity index (χ4v) is 2.61. The van der Waals surface area contributed by atoms with Gasteiger partial charge in [0.05, 0.1) is 12.8 Å². The molecule has 0 aliphatic heterocycles. The Bertz CT molecular complexity index is 870. The van der Waals surface area contributed by atoms with Crippen LogP contribution in [-0.2, 0) is 4.74 Å². The van der Waals surface area contributed by atoms with Gasteiger partial charge in [-0.3, -0.25) is 4.79 Å². The fraction of sp³-hybridized carbons (Fsp3) is 0.154. The quantitative estimate of drug-likeness (QED) is 0.736. The van der Waals surface area contributed by atoms with Crippen LogP contribution in [0, 0.1) is 6.92 Å². The largest absolute Gasteiger partial charge is 0.465 e. The number of carbonyl (C=O) groups excluding carboxylic acids is 2. The second-order valence-electron chi connectivity index (χ2n) is 4.34. The zero-order valence-electron chi connectivity index (χ0n) is 11.7. The Labute approximate surface area is 128 Å². The number of thiophene rings is 1. The summed E-state index contributed by atoms with van der Waals surface area (Å²) in [6, 6.07) is 3.38. The Morgan fingerprint density at radius 2 is 2.18 bits per heavy atom. The molecule has 9 heteroatoms. The van der Waals surface area contributed by atoms with Crippen molar-refractivity contribution < 1.29 is 14.3 Å². The molecule has 0 saturated carbocycles. The summed E-state index contributed by atoms with van der Waals surface area (Å²) < 4.78 is 6.14. The van der Waals surface area contributed by atoms with E-state index < -0.39 is 11.9 Å². The summed E-state index contributed by atoms with van der Waals surface area (Å²) in [5, 5.41) is 8.40. The van der Waals surface area contributed by atoms with Crippen molar-refractivity contribution in [1.29, 1.82) is 0 Å². The maximum Gasteiger partial charge on any atom is 0.350 e. The maximum atomic E-state index is 12.2. The first kappa shape index (κ1) is 14.1. The maximum absolute atomic E-state index is 12.2. The molecule has 0 atom stereocenters. The first-order valence-corrected chi connectivity index (χ1v) is 7.13. The second kappa shape index (κ2) is 5.53. The number of ether oxygens (including phenoxy) is 1. The summed E-state index contributed by atoms with van der Waals surface area (Å²) in [7, 11) is 1.28. The molecule has 0 aliphatic carbocycles. The van der Waals surface area contributed by atoms with Crippen molar-refractivity contribution in [2.75, 3.05) is 12.4 Å². The minimum Gasteiger partial charge on any atom is -0.465 e. The van der Waals surface area contributed by atoms with Crippen LogP contribution in [0.3, 0.4) is 0 Å². The van der Waals surface area contributed by atoms with Gasteiger partial charge in [-0.15, -0.1) is 16.4 Å². The Hall–Kier alpha value is -2.81. The van der Waals surface area contributed by atoms with Gasteiger partial charge in [-0.2, -0.15) is 4.98 Å². The van der Waals surface area contributed by atoms with E-state index in [0.29, 0.717) is 16.3 Å². The second-order valence-corrected chi connectivity index (χ2v) is 5.26. The lowest BCUT2D eigenvalue weighted by Gasteiger charge is -2.02. The molecule has 1 N–H and O–H groups in total. The predicted molar refractivity (Wildman–Crippen MR) is 79.1 cm³/mol. The van der Waals surface area contributed by atoms with Crippen LogP contribution in [0.4, 0.5) is 5.69 Å². The third kappa shape index (κ3) is 2.42. The van der Waals surface area contributed by atoms with Crippen LogP contribution < -0.4 is 5.32 Å². The van der Waals surface area contributed by atoms with Crippen LogP contribution in [0.1, 0.15) is 26.0 Å². The minimum atomic E-state index is -0.520. The molecular weight excluding hydrogens is 306 g/mol. The summed E-state index contributed by atoms with van der Waals surface area (Å²) in [6.07, 6.45) is 1.59. The predicted octanol–water partition coefficient (Wildman–Crippen LogP) is 1.53. The highest BCUT2D eigenvalue weighted by atomic mass is 32.1. The number of aromatic nitrogens is 4. The molecule has 22 heavy (non-hydrogen) atoms. The molecule has 1 amide bonds. The lowest BCUT2D eigenvalue weighted by molar-refractivity contribution is 0.0607. The van der Waals surface area contributed by atoms with E-state index in [9.17, 15) is 9.59 Å². The number of nitrogens with zero attached hydrogens (tertiary/aromatic N) is 4. The molecule has 3 heterocycles. The Morgan fingerprint density at radius 1 is 1.36 bits per heavy atom. The third-order valence-corrected chi connectivity index (χ3v) is 3.81. The molecule has 0 saturated heterocycles. The van der Waals surface area contributed by atoms with Gasteiger partial charge in [0, 0.05) is 11.9 Å². The minimum absolute atomic E-state index is 0.0242. The van der Waals surface area contributed by atoms with Crippen molar-refractivity contribution in [2.45, 2.75) is 6.92 Å². The van der Waals surface area contributed by atoms with Crippen molar-refractivity contribution in [3.05, 3.63) is 40.1 Å². The van der Waals surface area contributed by atoms with Crippen LogP contribution in [0.2, 0.25) is 0 Å². The van der Waals surface area contributed by atoms with Crippen molar-refractivity contribution in [2.24, 2.45) is 0 Å². The van der Waals surface area contributed by atoms with Gasteiger partial charge in [0.15, 0.2) is 0 Å². The molecule has 3 aromatic heterocycles. The summed E-state index contributed by atoms with van der Waals surface area (Å²) in [5.41, 5.74) is 1.17. The van der Waals surface area contributed by atoms with Gasteiger partial charge in [-0.1, -0.05) is 0 Å². The lowest BCUT2D eigenvalue weighted by Crippen LogP contribution is -2.15. The van der Waals surface area contributed by atoms with Gasteiger partial charge < -0.3 is 10.1 Å². The molecule has 3 aromatic rings. The van der Waals surface area contributed by atoms with Crippen molar-refractivity contribution >= 4 is 34.7 Å². The van der Waals surface area contributed by atoms with E-state index in [1.54, 1.807) is 23.7 Å². The number of nitrogens with one attached hydrogen (secondary N) is 1. The van der Waals surface area contributed by atoms with Gasteiger partial charge in [0.25, 0.3) is 11.7 Å². The molecule has 112 valence electrons. The van der Waals surface area contributed by atoms with Crippen LogP contribution in [0.5, 0.6) is 0 Å². The molecular formula is C13H11N5O3S. The van der Waals surface area contributed by atoms with Crippen LogP contribution in [-0.4, -0.2) is 38.6 Å². The molecule has 0 aromatic carbocycles. The summed E-state index contributed by atoms with van der Waals surface area (Å²) >= 11 is 1.18. The highest BCUT2D eigenvalue weighted by molar-refractivity contribution is 7.12. The van der Waals surface area contributed by atoms with Gasteiger partial charge >= 0.3 is 5.97 Å². The third-order valence-electron chi connectivity index (χ3n) is 2.92. The number of anilines is 1. The van der Waals surface area contributed by atoms with E-state index in [1.807, 2.05) is 6.92 Å². The Kier molecular flexibility index (Phi) is 3.55. The SMILES string of the molecule is COC(=O)c1sccc1NC(=O)c1nc2nccc(C)n2n1. The number of aryl methyl sites for hydroxylation is 1. The number of carbonyl (C=O) groups is 2. The van der Waals surface area contributed by atoms with E-state index in [0.717, 1.165) is 5.69 Å². The Morgan fingerprint density at radius 3 is 2.91 bits per heavy atom. The average molecular weight is 317 g/mol. The molecule has 0 bridgehead atoms. The van der Waals surface area contributed by atoms with Gasteiger partial charge in [0.2, 0.25) is 5.82 Å². The zero-order chi connectivity index (χ0) is 15.7. The number of fused-ring (bicyclic) bond motifs is 1. The van der Waals surface area contributed by atoms with E-state index in [-0.39, 0.29) is 5.82 Å². The zero-order valence-corrected chi connectivity index (χ0v) is 12.5. The highest BCUT2D eigenvalue weighted by Crippen LogP contribution is 2.23. The van der Waals surface area contributed by atoms with E-state index >= 15 is 0 Å². The molecule has 0 unspecified atom stereocenters. The highest BCUT2D eigenvalue weighted by Gasteiger charge is 2.19. The molecule has 0 spiro atoms. The molecule has 3 rings (SSSR count). The molecule has 0 fully saturated rings. The summed E-state index contributed by atoms with van der Waals surface area (Å²) in [6.45, 7) is 1.83. The lowest BCUT2D eigenvalue weighted by atomic mass is 10.3. The first-order valence-electron chi connectivity index (χ1n) is 6.25. The number of amides is 1. The van der Waals surface area contributed by atoms with Gasteiger partial charge in [0.1, 0.15) is 4.88 Å². The normalized spacial score (nSPS) is 10.6. The number of rotatable bonds is 3. The topological polar surface area (TPSA) is 98.5 Å². The van der Waals surface area contributed by atoms with Gasteiger partial charge in [-0.05, 0) is 24.4 Å². The van der Waals surface area contributed by atoms with Crippen molar-refractivity contribution in [1.82, 2.24) is 19.6 Å². The number of hydrogen-bond donors (Lipinski definition) is 1. The van der Waals surface area contributed by atoms with Crippen LogP contribution in [0.15, 0.2) is 23.7 Å². The Balaban J connectivity index is 1.89. The molecule has 0 radical (unpaired) electrons. The standard InChI is InChI=1S/C13H11N5O3S/c1-7-3-5-14-13-16-10(17-18(7)13)11(19)15-8-4-6-22-9(8)12(20)21-2/h3-6H,1-2H3,(H,15,19). The first-order chi connectivity index (χ1) is 10.6. The monoisotopic (exact) mass is 317 g/mol. The van der Waals surface area contributed by atoms with E-state index in [4.69, 9.17) is 0 Å². The fourth-order valence-electron chi connectivity index (χ4n) is 1.84. The van der Waals surface area contributed by atoms with Crippen molar-refractivity contribution in [3.8, 4) is 0 Å². The number of esters is 1. The van der Waals surface area contributed by atoms with Crippen molar-refractivity contribution in [3.63, 3.8) is 0 Å². The van der Waals surface area contributed by atoms with Crippen LogP contribution in [0.25, 0.3) is 5.78 Å². The average Bonchev–Trinajstić information content (AvgIpc) is 3.13. The van der Waals surface area contributed by atoms with Gasteiger partial charge in [-0.25, -0.2) is 14.3 Å². The molecule has 0 aliphatic rings. The number of methoxy groups -OCH3 is 1. The molecule has 8 nitrogen and oxygen atoms in total. The summed E-state index contributed by atoms with van der Waals surface area (Å²) in [4.78, 5) is 32.2. The van der Waals surface area contributed by atoms with Crippen LogP contribution >= 0.6 is 11.3 Å². The number of hydrogen-bond acceptors (Lipinski definition) is 7. The van der Waals surface area contributed by atoms with E-state index in [2.05, 4.69) is 25.1 Å². The smallest absolute Gasteiger partial charge is 0.350 e.